The number of carbonyl (C=O) groups is 2. The van der Waals surface area contributed by atoms with Crippen molar-refractivity contribution in [3.05, 3.63) is 75.8 Å². The van der Waals surface area contributed by atoms with Crippen LogP contribution >= 0.6 is 23.2 Å². The maximum atomic E-state index is 13.5. The molecule has 1 spiro atoms. The molecule has 0 aliphatic carbocycles. The van der Waals surface area contributed by atoms with Crippen molar-refractivity contribution in [1.29, 1.82) is 0 Å². The normalized spacial score (nSPS) is 23.5. The van der Waals surface area contributed by atoms with Crippen molar-refractivity contribution < 1.29 is 14.3 Å². The lowest BCUT2D eigenvalue weighted by atomic mass is 9.76. The summed E-state index contributed by atoms with van der Waals surface area (Å²) in [6, 6.07) is 12.0. The molecule has 2 aliphatic rings. The molecule has 0 radical (unpaired) electrons. The number of halogens is 2. The highest BCUT2D eigenvalue weighted by Gasteiger charge is 2.65. The van der Waals surface area contributed by atoms with Crippen molar-refractivity contribution in [3.63, 3.8) is 0 Å². The molecule has 2 atom stereocenters. The molecule has 0 unspecified atom stereocenters. The number of hydrogen-bond acceptors (Lipinski definition) is 3. The zero-order valence-electron chi connectivity index (χ0n) is 14.0. The van der Waals surface area contributed by atoms with Crippen LogP contribution in [0.5, 0.6) is 0 Å². The number of terminal acetylenes is 1. The summed E-state index contributed by atoms with van der Waals surface area (Å²) in [6.07, 6.45) is 5.45. The number of fused-ring (bicyclic) bond motifs is 2. The molecule has 4 nitrogen and oxygen atoms in total. The Hall–Kier alpha value is -2.74. The monoisotopic (exact) mass is 397 g/mol. The molecule has 1 saturated heterocycles. The predicted octanol–water partition coefficient (Wildman–Crippen LogP) is 4.07. The van der Waals surface area contributed by atoms with Gasteiger partial charge in [-0.3, -0.25) is 9.69 Å². The second-order valence-corrected chi connectivity index (χ2v) is 7.21. The van der Waals surface area contributed by atoms with Crippen molar-refractivity contribution in [2.75, 3.05) is 11.4 Å². The first-order chi connectivity index (χ1) is 12.9. The number of amides is 1. The van der Waals surface area contributed by atoms with Crippen LogP contribution < -0.4 is 4.90 Å². The average Bonchev–Trinajstić information content (AvgIpc) is 3.03. The third-order valence-corrected chi connectivity index (χ3v) is 5.51. The number of benzene rings is 2. The van der Waals surface area contributed by atoms with Gasteiger partial charge in [-0.25, -0.2) is 4.79 Å². The van der Waals surface area contributed by atoms with Crippen molar-refractivity contribution >= 4 is 40.8 Å². The highest BCUT2D eigenvalue weighted by Crippen LogP contribution is 2.57. The van der Waals surface area contributed by atoms with Gasteiger partial charge in [-0.1, -0.05) is 60.0 Å². The van der Waals surface area contributed by atoms with Gasteiger partial charge in [0.1, 0.15) is 0 Å². The zero-order valence-corrected chi connectivity index (χ0v) is 15.6. The number of esters is 1. The first-order valence-electron chi connectivity index (χ1n) is 8.14. The van der Waals surface area contributed by atoms with E-state index in [1.807, 2.05) is 0 Å². The first kappa shape index (κ1) is 17.7. The van der Waals surface area contributed by atoms with Gasteiger partial charge in [0, 0.05) is 21.2 Å². The van der Waals surface area contributed by atoms with Crippen LogP contribution in [0.3, 0.4) is 0 Å². The molecular weight excluding hydrogens is 385 g/mol. The van der Waals surface area contributed by atoms with E-state index in [1.54, 1.807) is 42.5 Å². The lowest BCUT2D eigenvalue weighted by Gasteiger charge is -2.29. The van der Waals surface area contributed by atoms with Crippen LogP contribution in [-0.2, 0) is 19.9 Å². The fourth-order valence-electron chi connectivity index (χ4n) is 3.85. The van der Waals surface area contributed by atoms with Crippen LogP contribution in [0.2, 0.25) is 10.0 Å². The first-order valence-corrected chi connectivity index (χ1v) is 8.89. The van der Waals surface area contributed by atoms with Gasteiger partial charge in [0.05, 0.1) is 18.2 Å². The van der Waals surface area contributed by atoms with Crippen LogP contribution in [0.4, 0.5) is 5.69 Å². The molecule has 2 aliphatic heterocycles. The van der Waals surface area contributed by atoms with Crippen LogP contribution in [0.15, 0.2) is 54.6 Å². The summed E-state index contributed by atoms with van der Waals surface area (Å²) in [5.41, 5.74) is 0.290. The predicted molar refractivity (Wildman–Crippen MR) is 104 cm³/mol. The molecule has 0 aromatic heterocycles. The molecule has 1 amide bonds. The van der Waals surface area contributed by atoms with E-state index in [9.17, 15) is 9.59 Å². The van der Waals surface area contributed by atoms with E-state index in [-0.39, 0.29) is 12.1 Å². The third-order valence-electron chi connectivity index (χ3n) is 4.95. The number of para-hydroxylation sites is 1. The maximum absolute atomic E-state index is 13.5. The van der Waals surface area contributed by atoms with Gasteiger partial charge in [0.25, 0.3) is 5.91 Å². The largest absolute Gasteiger partial charge is 0.439 e. The number of nitrogens with zero attached hydrogens (tertiary/aromatic N) is 1. The number of hydrogen-bond donors (Lipinski definition) is 0. The Labute approximate surface area is 166 Å². The number of ether oxygens (including phenoxy) is 1. The van der Waals surface area contributed by atoms with E-state index in [0.717, 1.165) is 0 Å². The van der Waals surface area contributed by atoms with Crippen LogP contribution in [-0.4, -0.2) is 18.4 Å². The lowest BCUT2D eigenvalue weighted by Crippen LogP contribution is -2.44. The Kier molecular flexibility index (Phi) is 4.03. The standard InChI is InChI=1S/C21H13Cl2NO3/c1-3-10-24-17-7-5-4-6-15(17)21(20(24)26)18(12(2)19(25)27-21)14-9-8-13(22)11-16(14)23/h1,4-9,11,18H,2,10H2/t18-,21-/m0/s1. The smallest absolute Gasteiger partial charge is 0.335 e. The quantitative estimate of drug-likeness (QED) is 0.436. The van der Waals surface area contributed by atoms with Gasteiger partial charge in [-0.15, -0.1) is 6.42 Å². The lowest BCUT2D eigenvalue weighted by molar-refractivity contribution is -0.157. The minimum absolute atomic E-state index is 0.0582. The van der Waals surface area contributed by atoms with Crippen LogP contribution in [0, 0.1) is 12.3 Å². The van der Waals surface area contributed by atoms with E-state index in [4.69, 9.17) is 34.4 Å². The van der Waals surface area contributed by atoms with Gasteiger partial charge in [0.15, 0.2) is 0 Å². The van der Waals surface area contributed by atoms with Crippen molar-refractivity contribution in [1.82, 2.24) is 0 Å². The van der Waals surface area contributed by atoms with Crippen LogP contribution in [0.1, 0.15) is 17.0 Å². The van der Waals surface area contributed by atoms with E-state index in [1.165, 1.54) is 4.90 Å². The van der Waals surface area contributed by atoms with E-state index in [2.05, 4.69) is 12.5 Å². The summed E-state index contributed by atoms with van der Waals surface area (Å²) < 4.78 is 5.70. The molecule has 0 N–H and O–H groups in total. The van der Waals surface area contributed by atoms with E-state index in [0.29, 0.717) is 26.9 Å². The Morgan fingerprint density at radius 1 is 1.22 bits per heavy atom. The summed E-state index contributed by atoms with van der Waals surface area (Å²) >= 11 is 12.4. The topological polar surface area (TPSA) is 46.6 Å². The Balaban J connectivity index is 2.00. The highest BCUT2D eigenvalue weighted by atomic mass is 35.5. The van der Waals surface area contributed by atoms with E-state index >= 15 is 0 Å². The second kappa shape index (κ2) is 6.16. The van der Waals surface area contributed by atoms with Crippen molar-refractivity contribution in [3.8, 4) is 12.3 Å². The summed E-state index contributed by atoms with van der Waals surface area (Å²) in [5, 5.41) is 0.771. The summed E-state index contributed by atoms with van der Waals surface area (Å²) in [7, 11) is 0. The minimum Gasteiger partial charge on any atom is -0.439 e. The van der Waals surface area contributed by atoms with Crippen molar-refractivity contribution in [2.45, 2.75) is 11.5 Å². The summed E-state index contributed by atoms with van der Waals surface area (Å²) in [4.78, 5) is 27.4. The molecule has 2 aromatic rings. The molecule has 0 bridgehead atoms. The number of carbonyl (C=O) groups excluding carboxylic acids is 2. The Bertz CT molecular complexity index is 1060. The van der Waals surface area contributed by atoms with Crippen LogP contribution in [0.25, 0.3) is 0 Å². The fraction of sp³-hybridized carbons (Fsp3) is 0.143. The average molecular weight is 398 g/mol. The zero-order chi connectivity index (χ0) is 19.3. The second-order valence-electron chi connectivity index (χ2n) is 6.36. The van der Waals surface area contributed by atoms with Gasteiger partial charge in [-0.2, -0.15) is 0 Å². The molecule has 4 rings (SSSR count). The molecule has 134 valence electrons. The van der Waals surface area contributed by atoms with E-state index < -0.39 is 23.4 Å². The molecule has 0 saturated carbocycles. The molecule has 6 heteroatoms. The number of rotatable bonds is 2. The number of anilines is 1. The molecule has 27 heavy (non-hydrogen) atoms. The third kappa shape index (κ3) is 2.32. The maximum Gasteiger partial charge on any atom is 0.335 e. The summed E-state index contributed by atoms with van der Waals surface area (Å²) in [5.74, 6) is 0.642. The van der Waals surface area contributed by atoms with Crippen molar-refractivity contribution in [2.24, 2.45) is 0 Å². The van der Waals surface area contributed by atoms with Gasteiger partial charge in [-0.05, 0) is 23.8 Å². The van der Waals surface area contributed by atoms with Gasteiger partial charge < -0.3 is 4.74 Å². The van der Waals surface area contributed by atoms with Gasteiger partial charge in [0.2, 0.25) is 5.60 Å². The minimum atomic E-state index is -1.58. The summed E-state index contributed by atoms with van der Waals surface area (Å²) in [6.45, 7) is 3.93. The molecule has 1 fully saturated rings. The van der Waals surface area contributed by atoms with Gasteiger partial charge >= 0.3 is 5.97 Å². The Morgan fingerprint density at radius 3 is 2.67 bits per heavy atom. The molecule has 2 aromatic carbocycles. The molecular formula is C21H13Cl2NO3. The Morgan fingerprint density at radius 2 is 1.96 bits per heavy atom. The highest BCUT2D eigenvalue weighted by molar-refractivity contribution is 6.35. The molecule has 2 heterocycles. The SMILES string of the molecule is C#CCN1C(=O)[C@]2(OC(=O)C(=C)[C@H]2c2ccc(Cl)cc2Cl)c2ccccc21. The fourth-order valence-corrected chi connectivity index (χ4v) is 4.37.